The number of rotatable bonds is 7. The van der Waals surface area contributed by atoms with Crippen molar-refractivity contribution in [2.24, 2.45) is 12.8 Å². The molecule has 11 nitrogen and oxygen atoms in total. The van der Waals surface area contributed by atoms with E-state index in [9.17, 15) is 18.0 Å². The molecule has 14 heteroatoms. The molecule has 1 saturated heterocycles. The summed E-state index contributed by atoms with van der Waals surface area (Å²) in [4.78, 5) is 26.3. The van der Waals surface area contributed by atoms with Crippen LogP contribution in [0.15, 0.2) is 48.7 Å². The molecule has 2 aliphatic rings. The van der Waals surface area contributed by atoms with Crippen molar-refractivity contribution in [3.63, 3.8) is 0 Å². The van der Waals surface area contributed by atoms with E-state index in [0.29, 0.717) is 25.1 Å². The van der Waals surface area contributed by atoms with Crippen LogP contribution < -0.4 is 21.7 Å². The number of alkyl halides is 3. The normalized spacial score (nSPS) is 20.2. The zero-order chi connectivity index (χ0) is 33.3. The van der Waals surface area contributed by atoms with Crippen molar-refractivity contribution in [1.82, 2.24) is 29.5 Å². The van der Waals surface area contributed by atoms with Gasteiger partial charge in [-0.1, -0.05) is 12.1 Å². The molecule has 0 bridgehead atoms. The van der Waals surface area contributed by atoms with Crippen LogP contribution in [0.2, 0.25) is 0 Å². The lowest BCUT2D eigenvalue weighted by molar-refractivity contribution is -0.138. The minimum Gasteiger partial charge on any atom is -0.351 e. The standard InChI is InChI=1S/C33H41F3N10O/c1-20(46-14-12-44(2)13-15-46)26-10-9-25(17-27(26)33(34,35)36)40-32(47)42-30-18-29(45(3)43-30)21-4-11-28-22(16-21)19-38-31(41-28)39-24-7-5-23(37)6-8-24/h4,9-11,16-20,23-24H,5-8,12-15,37H2,1-3H3,(H,38,39,41)(H2,40,42,43,47). The Morgan fingerprint density at radius 1 is 0.979 bits per heavy atom. The Morgan fingerprint density at radius 2 is 1.72 bits per heavy atom. The second-order valence-corrected chi connectivity index (χ2v) is 12.7. The van der Waals surface area contributed by atoms with Crippen LogP contribution in [0.3, 0.4) is 0 Å². The van der Waals surface area contributed by atoms with Gasteiger partial charge in [-0.2, -0.15) is 18.3 Å². The lowest BCUT2D eigenvalue weighted by Gasteiger charge is -2.37. The van der Waals surface area contributed by atoms with Crippen molar-refractivity contribution < 1.29 is 18.0 Å². The lowest BCUT2D eigenvalue weighted by Crippen LogP contribution is -2.45. The highest BCUT2D eigenvalue weighted by molar-refractivity contribution is 5.99. The van der Waals surface area contributed by atoms with Gasteiger partial charge in [-0.3, -0.25) is 14.9 Å². The number of aromatic nitrogens is 4. The number of carbonyl (C=O) groups excluding carboxylic acids is 1. The van der Waals surface area contributed by atoms with Gasteiger partial charge >= 0.3 is 12.2 Å². The highest BCUT2D eigenvalue weighted by atomic mass is 19.4. The number of nitrogens with zero attached hydrogens (tertiary/aromatic N) is 6. The van der Waals surface area contributed by atoms with Gasteiger partial charge in [0.25, 0.3) is 0 Å². The number of amides is 2. The van der Waals surface area contributed by atoms with Crippen molar-refractivity contribution in [1.29, 1.82) is 0 Å². The molecule has 2 fully saturated rings. The smallest absolute Gasteiger partial charge is 0.351 e. The van der Waals surface area contributed by atoms with Gasteiger partial charge in [-0.25, -0.2) is 14.8 Å². The minimum atomic E-state index is -4.58. The number of benzene rings is 2. The lowest BCUT2D eigenvalue weighted by atomic mass is 9.92. The molecule has 1 atom stereocenters. The predicted octanol–water partition coefficient (Wildman–Crippen LogP) is 5.68. The Hall–Kier alpha value is -4.27. The fourth-order valence-electron chi connectivity index (χ4n) is 6.44. The molecular weight excluding hydrogens is 609 g/mol. The summed E-state index contributed by atoms with van der Waals surface area (Å²) in [5, 5.41) is 13.8. The summed E-state index contributed by atoms with van der Waals surface area (Å²) in [6.07, 6.45) is 1.16. The van der Waals surface area contributed by atoms with Crippen LogP contribution in [0.1, 0.15) is 49.8 Å². The Labute approximate surface area is 271 Å². The molecule has 47 heavy (non-hydrogen) atoms. The number of likely N-dealkylation sites (N-methyl/N-ethyl adjacent to an activating group) is 1. The number of hydrogen-bond acceptors (Lipinski definition) is 8. The number of anilines is 3. The Morgan fingerprint density at radius 3 is 2.45 bits per heavy atom. The molecule has 2 amide bonds. The molecule has 250 valence electrons. The van der Waals surface area contributed by atoms with Gasteiger partial charge in [0.15, 0.2) is 5.82 Å². The molecule has 1 aliphatic carbocycles. The van der Waals surface area contributed by atoms with Crippen molar-refractivity contribution in [2.45, 2.75) is 56.9 Å². The maximum absolute atomic E-state index is 14.2. The number of hydrogen-bond donors (Lipinski definition) is 4. The number of nitrogens with two attached hydrogens (primary N) is 1. The van der Waals surface area contributed by atoms with Crippen molar-refractivity contribution in [3.8, 4) is 11.3 Å². The molecule has 1 unspecified atom stereocenters. The monoisotopic (exact) mass is 650 g/mol. The van der Waals surface area contributed by atoms with Gasteiger partial charge in [-0.15, -0.1) is 0 Å². The molecule has 1 saturated carbocycles. The minimum absolute atomic E-state index is 0.0377. The Kier molecular flexibility index (Phi) is 9.35. The van der Waals surface area contributed by atoms with Crippen molar-refractivity contribution in [2.75, 3.05) is 49.2 Å². The summed E-state index contributed by atoms with van der Waals surface area (Å²) in [5.41, 5.74) is 7.84. The quantitative estimate of drug-likeness (QED) is 0.201. The molecule has 3 heterocycles. The second kappa shape index (κ2) is 13.5. The third-order valence-corrected chi connectivity index (χ3v) is 9.25. The van der Waals surface area contributed by atoms with Gasteiger partial charge in [0, 0.05) is 80.3 Å². The zero-order valence-corrected chi connectivity index (χ0v) is 26.8. The van der Waals surface area contributed by atoms with Crippen molar-refractivity contribution >= 4 is 34.4 Å². The molecular formula is C33H41F3N10O. The summed E-state index contributed by atoms with van der Waals surface area (Å²) >= 11 is 0. The number of carbonyl (C=O) groups is 1. The van der Waals surface area contributed by atoms with Crippen LogP contribution >= 0.6 is 0 Å². The first-order valence-corrected chi connectivity index (χ1v) is 16.0. The third kappa shape index (κ3) is 7.66. The van der Waals surface area contributed by atoms with Gasteiger partial charge in [0.2, 0.25) is 5.95 Å². The van der Waals surface area contributed by atoms with E-state index in [1.165, 1.54) is 12.1 Å². The number of nitrogens with one attached hydrogen (secondary N) is 3. The molecule has 4 aromatic rings. The maximum atomic E-state index is 14.2. The first kappa shape index (κ1) is 32.7. The fourth-order valence-corrected chi connectivity index (χ4v) is 6.44. The van der Waals surface area contributed by atoms with E-state index in [0.717, 1.165) is 67.0 Å². The van der Waals surface area contributed by atoms with Crippen molar-refractivity contribution in [3.05, 3.63) is 59.8 Å². The van der Waals surface area contributed by atoms with Crippen LogP contribution in [0.25, 0.3) is 22.2 Å². The molecule has 0 spiro atoms. The molecule has 2 aromatic carbocycles. The maximum Gasteiger partial charge on any atom is 0.416 e. The van der Waals surface area contributed by atoms with Crippen LogP contribution in [0.4, 0.5) is 35.4 Å². The van der Waals surface area contributed by atoms with Crippen LogP contribution in [0, 0.1) is 0 Å². The summed E-state index contributed by atoms with van der Waals surface area (Å²) in [7, 11) is 3.75. The van der Waals surface area contributed by atoms with Crippen LogP contribution in [-0.4, -0.2) is 80.9 Å². The van der Waals surface area contributed by atoms with Gasteiger partial charge in [0.1, 0.15) is 0 Å². The highest BCUT2D eigenvalue weighted by Gasteiger charge is 2.36. The SMILES string of the molecule is CC(c1ccc(NC(=O)Nc2cc(-c3ccc4nc(NC5CCC(N)CC5)ncc4c3)n(C)n2)cc1C(F)(F)F)N1CCN(C)CC1. The first-order chi connectivity index (χ1) is 22.4. The van der Waals surface area contributed by atoms with Gasteiger partial charge < -0.3 is 21.3 Å². The van der Waals surface area contributed by atoms with Crippen LogP contribution in [-0.2, 0) is 13.2 Å². The van der Waals surface area contributed by atoms with Gasteiger partial charge in [-0.05, 0) is 69.5 Å². The Balaban J connectivity index is 1.12. The third-order valence-electron chi connectivity index (χ3n) is 9.25. The van der Waals surface area contributed by atoms with E-state index in [1.54, 1.807) is 30.9 Å². The van der Waals surface area contributed by atoms with E-state index in [2.05, 4.69) is 40.8 Å². The zero-order valence-electron chi connectivity index (χ0n) is 26.8. The van der Waals surface area contributed by atoms with E-state index in [-0.39, 0.29) is 23.1 Å². The summed E-state index contributed by atoms with van der Waals surface area (Å²) < 4.78 is 44.1. The van der Waals surface area contributed by atoms with E-state index >= 15 is 0 Å². The fraction of sp³-hybridized carbons (Fsp3) is 0.455. The number of fused-ring (bicyclic) bond motifs is 1. The second-order valence-electron chi connectivity index (χ2n) is 12.7. The molecule has 1 aliphatic heterocycles. The summed E-state index contributed by atoms with van der Waals surface area (Å²) in [5.74, 6) is 0.838. The number of urea groups is 1. The summed E-state index contributed by atoms with van der Waals surface area (Å²) in [6, 6.07) is 10.9. The molecule has 5 N–H and O–H groups in total. The van der Waals surface area contributed by atoms with E-state index in [1.807, 2.05) is 25.2 Å². The van der Waals surface area contributed by atoms with Gasteiger partial charge in [0.05, 0.1) is 16.8 Å². The Bertz CT molecular complexity index is 1730. The molecule has 6 rings (SSSR count). The van der Waals surface area contributed by atoms with E-state index in [4.69, 9.17) is 5.73 Å². The number of piperazine rings is 1. The van der Waals surface area contributed by atoms with E-state index < -0.39 is 23.8 Å². The average molecular weight is 651 g/mol. The molecule has 2 aromatic heterocycles. The molecule has 0 radical (unpaired) electrons. The predicted molar refractivity (Wildman–Crippen MR) is 177 cm³/mol. The number of aryl methyl sites for hydroxylation is 1. The van der Waals surface area contributed by atoms with Crippen LogP contribution in [0.5, 0.6) is 0 Å². The highest BCUT2D eigenvalue weighted by Crippen LogP contribution is 2.38. The average Bonchev–Trinajstić information content (AvgIpc) is 3.40. The number of halogens is 3. The summed E-state index contributed by atoms with van der Waals surface area (Å²) in [6.45, 7) is 4.76. The largest absolute Gasteiger partial charge is 0.416 e. The topological polar surface area (TPSA) is 129 Å². The first-order valence-electron chi connectivity index (χ1n) is 16.0.